The van der Waals surface area contributed by atoms with Gasteiger partial charge in [-0.2, -0.15) is 0 Å². The van der Waals surface area contributed by atoms with E-state index in [4.69, 9.17) is 14.1 Å². The Labute approximate surface area is 477 Å². The second kappa shape index (κ2) is 18.8. The first-order valence-electron chi connectivity index (χ1n) is 29.8. The van der Waals surface area contributed by atoms with Crippen molar-refractivity contribution in [2.45, 2.75) is 131 Å². The number of nitrogens with zero attached hydrogens (tertiary/aromatic N) is 4. The quantitative estimate of drug-likeness (QED) is 0.159. The predicted octanol–water partition coefficient (Wildman–Crippen LogP) is 20.9. The first-order valence-corrected chi connectivity index (χ1v) is 28.3. The van der Waals surface area contributed by atoms with E-state index in [9.17, 15) is 4.11 Å². The van der Waals surface area contributed by atoms with E-state index in [1.165, 1.54) is 22.3 Å². The van der Waals surface area contributed by atoms with Gasteiger partial charge in [-0.1, -0.05) is 195 Å². The number of furan rings is 1. The van der Waals surface area contributed by atoms with Crippen molar-refractivity contribution in [2.24, 2.45) is 0 Å². The van der Waals surface area contributed by atoms with Gasteiger partial charge in [0.05, 0.1) is 37.6 Å². The van der Waals surface area contributed by atoms with Crippen LogP contribution < -0.4 is 14.5 Å². The summed E-state index contributed by atoms with van der Waals surface area (Å²) in [6, 6.07) is 53.4. The van der Waals surface area contributed by atoms with Crippen molar-refractivity contribution in [2.75, 3.05) is 16.5 Å². The van der Waals surface area contributed by atoms with Crippen molar-refractivity contribution < 1.29 is 13.3 Å². The highest BCUT2D eigenvalue weighted by Gasteiger charge is 2.33. The molecule has 0 bridgehead atoms. The maximum Gasteiger partial charge on any atom is 0.145 e. The summed E-state index contributed by atoms with van der Waals surface area (Å²) >= 11 is 0. The van der Waals surface area contributed by atoms with Crippen LogP contribution in [0.15, 0.2) is 180 Å². The fraction of sp³-hybridized carbons (Fsp3) is 0.284. The van der Waals surface area contributed by atoms with Crippen LogP contribution in [0.5, 0.6) is 11.5 Å². The van der Waals surface area contributed by atoms with E-state index in [-0.39, 0.29) is 51.0 Å². The van der Waals surface area contributed by atoms with E-state index in [0.29, 0.717) is 18.1 Å². The number of pyridine rings is 1. The van der Waals surface area contributed by atoms with Gasteiger partial charge in [-0.3, -0.25) is 4.57 Å². The standard InChI is InChI=1S/C74H76N4O2/c1-70(2,3)48-34-35-75-66(42-48)78-63-33-32-59-58-24-16-19-29-65(58)80-69(59)67(63)60-31-30-55(44-64(60)78)79-54-23-20-22-53(43-54)76-45-77(62-28-18-17-27-61(62)76)68-56(46-36-49(71(4,5)6)40-50(37-46)72(7,8)9)25-21-26-57(68)47-38-51(73(10,11)12)41-52(39-47)74(13,14)15/h16-44H,45H2,1-15H3/i20D,22D,23D. The Balaban J connectivity index is 1.03. The molecule has 1 aliphatic rings. The monoisotopic (exact) mass is 1060 g/mol. The normalized spacial score (nSPS) is 14.1. The second-order valence-corrected chi connectivity index (χ2v) is 27.3. The van der Waals surface area contributed by atoms with Gasteiger partial charge in [-0.05, 0) is 133 Å². The van der Waals surface area contributed by atoms with Crippen molar-refractivity contribution in [1.82, 2.24) is 9.55 Å². The van der Waals surface area contributed by atoms with Crippen LogP contribution in [0.2, 0.25) is 0 Å². The molecule has 0 amide bonds. The third-order valence-corrected chi connectivity index (χ3v) is 16.3. The number of anilines is 4. The summed E-state index contributed by atoms with van der Waals surface area (Å²) in [5.41, 5.74) is 16.9. The average Bonchev–Trinajstić information content (AvgIpc) is 1.99. The molecule has 6 heteroatoms. The molecule has 0 N–H and O–H groups in total. The topological polar surface area (TPSA) is 46.7 Å². The number of fused-ring (bicyclic) bond motifs is 8. The molecular weight excluding hydrogens is 977 g/mol. The molecule has 404 valence electrons. The SMILES string of the molecule is [2H]c1c(Oc2ccc3c4c5oc6ccccc6c5ccc4n(-c4cc(C(C)(C)C)ccn4)c3c2)cc(N2CN(c3c(-c4cc(C(C)(C)C)cc(C(C)(C)C)c4)cccc3-c3cc(C(C)(C)C)cc(C(C)(C)C)c3)c3ccccc32)c([2H])c1[2H]. The van der Waals surface area contributed by atoms with Gasteiger partial charge in [0.2, 0.25) is 0 Å². The summed E-state index contributed by atoms with van der Waals surface area (Å²) in [6.07, 6.45) is 1.87. The number of ether oxygens (including phenoxy) is 1. The molecule has 11 aromatic rings. The molecule has 12 rings (SSSR count). The number of hydrogen-bond donors (Lipinski definition) is 0. The predicted molar refractivity (Wildman–Crippen MR) is 339 cm³/mol. The third-order valence-electron chi connectivity index (χ3n) is 16.3. The molecule has 0 unspecified atom stereocenters. The van der Waals surface area contributed by atoms with Gasteiger partial charge in [-0.25, -0.2) is 4.98 Å². The third kappa shape index (κ3) is 9.40. The molecule has 4 heterocycles. The number of hydrogen-bond acceptors (Lipinski definition) is 5. The lowest BCUT2D eigenvalue weighted by atomic mass is 9.77. The van der Waals surface area contributed by atoms with E-state index >= 15 is 0 Å². The highest BCUT2D eigenvalue weighted by molar-refractivity contribution is 6.24. The summed E-state index contributed by atoms with van der Waals surface area (Å²) in [5.74, 6) is 1.41. The van der Waals surface area contributed by atoms with Gasteiger partial charge in [0, 0.05) is 51.3 Å². The minimum absolute atomic E-state index is 0.0526. The second-order valence-electron chi connectivity index (χ2n) is 27.3. The minimum atomic E-state index is -0.220. The van der Waals surface area contributed by atoms with Crippen LogP contribution in [-0.4, -0.2) is 16.2 Å². The highest BCUT2D eigenvalue weighted by atomic mass is 16.5. The Morgan fingerprint density at radius 2 is 1.04 bits per heavy atom. The van der Waals surface area contributed by atoms with Crippen LogP contribution in [0.1, 0.15) is 136 Å². The zero-order valence-corrected chi connectivity index (χ0v) is 49.3. The zero-order chi connectivity index (χ0) is 59.0. The maximum absolute atomic E-state index is 9.69. The van der Waals surface area contributed by atoms with Crippen molar-refractivity contribution in [3.8, 4) is 39.6 Å². The molecule has 0 saturated carbocycles. The smallest absolute Gasteiger partial charge is 0.145 e. The van der Waals surface area contributed by atoms with Crippen LogP contribution in [0, 0.1) is 0 Å². The van der Waals surface area contributed by atoms with Crippen LogP contribution in [0.25, 0.3) is 71.8 Å². The van der Waals surface area contributed by atoms with Gasteiger partial charge in [0.25, 0.3) is 0 Å². The van der Waals surface area contributed by atoms with E-state index < -0.39 is 0 Å². The lowest BCUT2D eigenvalue weighted by Crippen LogP contribution is -2.25. The first-order chi connectivity index (χ1) is 39.0. The zero-order valence-electron chi connectivity index (χ0n) is 52.3. The Bertz CT molecular complexity index is 4260. The maximum atomic E-state index is 9.69. The van der Waals surface area contributed by atoms with Gasteiger partial charge >= 0.3 is 0 Å². The van der Waals surface area contributed by atoms with Gasteiger partial charge in [0.1, 0.15) is 35.2 Å². The first kappa shape index (κ1) is 49.0. The van der Waals surface area contributed by atoms with Crippen LogP contribution in [-0.2, 0) is 27.1 Å². The molecule has 3 aromatic heterocycles. The number of aromatic nitrogens is 2. The lowest BCUT2D eigenvalue weighted by molar-refractivity contribution is 0.483. The summed E-state index contributed by atoms with van der Waals surface area (Å²) in [6.45, 7) is 34.4. The van der Waals surface area contributed by atoms with Gasteiger partial charge in [0.15, 0.2) is 0 Å². The fourth-order valence-corrected chi connectivity index (χ4v) is 11.5. The lowest BCUT2D eigenvalue weighted by Gasteiger charge is -2.31. The molecule has 6 nitrogen and oxygen atoms in total. The summed E-state index contributed by atoms with van der Waals surface area (Å²) < 4.78 is 44.3. The molecule has 0 aliphatic carbocycles. The summed E-state index contributed by atoms with van der Waals surface area (Å²) in [4.78, 5) is 9.49. The Morgan fingerprint density at radius 3 is 1.64 bits per heavy atom. The van der Waals surface area contributed by atoms with Crippen LogP contribution in [0.3, 0.4) is 0 Å². The molecule has 8 aromatic carbocycles. The van der Waals surface area contributed by atoms with Gasteiger partial charge in [-0.15, -0.1) is 0 Å². The van der Waals surface area contributed by atoms with Gasteiger partial charge < -0.3 is 19.0 Å². The number of para-hydroxylation sites is 4. The summed E-state index contributed by atoms with van der Waals surface area (Å²) in [7, 11) is 0. The number of benzene rings is 8. The van der Waals surface area contributed by atoms with Crippen LogP contribution >= 0.6 is 0 Å². The minimum Gasteiger partial charge on any atom is -0.457 e. The molecule has 80 heavy (non-hydrogen) atoms. The highest BCUT2D eigenvalue weighted by Crippen LogP contribution is 2.52. The van der Waals surface area contributed by atoms with Crippen molar-refractivity contribution in [3.05, 3.63) is 204 Å². The van der Waals surface area contributed by atoms with Crippen molar-refractivity contribution in [3.63, 3.8) is 0 Å². The molecule has 0 spiro atoms. The Kier molecular flexibility index (Phi) is 11.5. The van der Waals surface area contributed by atoms with Crippen molar-refractivity contribution in [1.29, 1.82) is 0 Å². The van der Waals surface area contributed by atoms with Crippen molar-refractivity contribution >= 4 is 66.5 Å². The number of rotatable bonds is 7. The van der Waals surface area contributed by atoms with E-state index in [2.05, 4.69) is 227 Å². The largest absolute Gasteiger partial charge is 0.457 e. The molecule has 1 aliphatic heterocycles. The Hall–Kier alpha value is -8.09. The molecule has 0 saturated heterocycles. The van der Waals surface area contributed by atoms with E-state index in [1.807, 2.05) is 42.6 Å². The van der Waals surface area contributed by atoms with E-state index in [1.54, 1.807) is 6.07 Å². The average molecular weight is 1060 g/mol. The molecule has 0 radical (unpaired) electrons. The van der Waals surface area contributed by atoms with E-state index in [0.717, 1.165) is 94.4 Å². The molecule has 0 atom stereocenters. The summed E-state index contributed by atoms with van der Waals surface area (Å²) in [5, 5.41) is 4.01. The van der Waals surface area contributed by atoms with Crippen LogP contribution in [0.4, 0.5) is 22.7 Å². The molecular formula is C74H76N4O2. The Morgan fingerprint density at radius 1 is 0.475 bits per heavy atom. The molecule has 0 fully saturated rings. The fourth-order valence-electron chi connectivity index (χ4n) is 11.5.